The van der Waals surface area contributed by atoms with Crippen LogP contribution in [0.1, 0.15) is 18.1 Å². The topological polar surface area (TPSA) is 65.5 Å². The van der Waals surface area contributed by atoms with Gasteiger partial charge in [-0.25, -0.2) is 5.43 Å². The molecule has 0 aromatic heterocycles. The summed E-state index contributed by atoms with van der Waals surface area (Å²) in [5.74, 6) is -0.470. The summed E-state index contributed by atoms with van der Waals surface area (Å²) in [5.41, 5.74) is 5.28. The molecule has 4 rings (SSSR count). The molecule has 0 spiro atoms. The number of nitrogens with one attached hydrogen (secondary N) is 3. The van der Waals surface area contributed by atoms with E-state index in [1.54, 1.807) is 18.7 Å². The van der Waals surface area contributed by atoms with E-state index < -0.39 is 17.6 Å². The molecule has 0 aliphatic carbocycles. The molecule has 1 aliphatic heterocycles. The number of benzene rings is 3. The molecule has 1 heterocycles. The maximum absolute atomic E-state index is 12.8. The highest BCUT2D eigenvalue weighted by atomic mass is 32.2. The average molecular weight is 456 g/mol. The molecule has 0 saturated heterocycles. The van der Waals surface area contributed by atoms with Crippen molar-refractivity contribution in [3.8, 4) is 0 Å². The van der Waals surface area contributed by atoms with Gasteiger partial charge >= 0.3 is 6.18 Å². The van der Waals surface area contributed by atoms with Crippen LogP contribution in [0.3, 0.4) is 0 Å². The highest BCUT2D eigenvalue weighted by Crippen LogP contribution is 2.44. The fourth-order valence-corrected chi connectivity index (χ4v) is 4.07. The normalized spacial score (nSPS) is 12.9. The molecule has 5 nitrogen and oxygen atoms in total. The van der Waals surface area contributed by atoms with Crippen molar-refractivity contribution in [1.82, 2.24) is 5.43 Å². The lowest BCUT2D eigenvalue weighted by atomic mass is 10.1. The van der Waals surface area contributed by atoms with E-state index in [9.17, 15) is 18.0 Å². The fourth-order valence-electron chi connectivity index (χ4n) is 3.10. The number of halogens is 3. The highest BCUT2D eigenvalue weighted by molar-refractivity contribution is 7.99. The van der Waals surface area contributed by atoms with E-state index in [-0.39, 0.29) is 12.2 Å². The van der Waals surface area contributed by atoms with Gasteiger partial charge in [0.05, 0.1) is 29.2 Å². The van der Waals surface area contributed by atoms with Crippen molar-refractivity contribution in [3.63, 3.8) is 0 Å². The second-order valence-corrected chi connectivity index (χ2v) is 8.18. The van der Waals surface area contributed by atoms with Crippen molar-refractivity contribution in [2.75, 3.05) is 17.2 Å². The van der Waals surface area contributed by atoms with Gasteiger partial charge in [-0.3, -0.25) is 4.79 Å². The molecular weight excluding hydrogens is 437 g/mol. The molecule has 32 heavy (non-hydrogen) atoms. The molecule has 0 saturated carbocycles. The molecule has 1 amide bonds. The molecule has 164 valence electrons. The summed E-state index contributed by atoms with van der Waals surface area (Å²) < 4.78 is 38.4. The third kappa shape index (κ3) is 5.05. The number of para-hydroxylation sites is 1. The zero-order chi connectivity index (χ0) is 22.7. The van der Waals surface area contributed by atoms with Crippen LogP contribution < -0.4 is 16.1 Å². The maximum Gasteiger partial charge on any atom is 0.416 e. The van der Waals surface area contributed by atoms with Gasteiger partial charge in [-0.2, -0.15) is 18.3 Å². The molecule has 0 radical (unpaired) electrons. The second-order valence-electron chi connectivity index (χ2n) is 7.10. The number of carbonyl (C=O) groups is 1. The first-order valence-electron chi connectivity index (χ1n) is 9.72. The van der Waals surface area contributed by atoms with Crippen molar-refractivity contribution in [2.24, 2.45) is 5.10 Å². The number of hydrazone groups is 1. The number of amides is 1. The van der Waals surface area contributed by atoms with Gasteiger partial charge < -0.3 is 10.6 Å². The van der Waals surface area contributed by atoms with Gasteiger partial charge in [0.2, 0.25) is 0 Å². The number of hydrogen-bond donors (Lipinski definition) is 3. The molecule has 0 atom stereocenters. The lowest BCUT2D eigenvalue weighted by molar-refractivity contribution is -0.137. The third-order valence-corrected chi connectivity index (χ3v) is 5.92. The van der Waals surface area contributed by atoms with E-state index in [4.69, 9.17) is 0 Å². The van der Waals surface area contributed by atoms with E-state index in [2.05, 4.69) is 27.2 Å². The van der Waals surface area contributed by atoms with Crippen LogP contribution in [0, 0.1) is 0 Å². The van der Waals surface area contributed by atoms with E-state index in [1.807, 2.05) is 36.4 Å². The van der Waals surface area contributed by atoms with Gasteiger partial charge in [0.1, 0.15) is 0 Å². The summed E-state index contributed by atoms with van der Waals surface area (Å²) in [6.07, 6.45) is -4.44. The lowest BCUT2D eigenvalue weighted by Gasteiger charge is -2.21. The Kier molecular flexibility index (Phi) is 6.09. The van der Waals surface area contributed by atoms with Gasteiger partial charge in [-0.05, 0) is 55.0 Å². The van der Waals surface area contributed by atoms with E-state index >= 15 is 0 Å². The zero-order valence-electron chi connectivity index (χ0n) is 17.0. The van der Waals surface area contributed by atoms with Crippen LogP contribution in [-0.2, 0) is 11.0 Å². The number of fused-ring (bicyclic) bond motifs is 2. The van der Waals surface area contributed by atoms with Gasteiger partial charge in [-0.15, -0.1) is 0 Å². The Labute approximate surface area is 187 Å². The van der Waals surface area contributed by atoms with Gasteiger partial charge in [0, 0.05) is 15.5 Å². The Morgan fingerprint density at radius 2 is 1.78 bits per heavy atom. The Morgan fingerprint density at radius 3 is 2.59 bits per heavy atom. The Bertz CT molecular complexity index is 1190. The van der Waals surface area contributed by atoms with Crippen LogP contribution in [0.25, 0.3) is 0 Å². The Hall–Kier alpha value is -3.46. The van der Waals surface area contributed by atoms with Crippen LogP contribution in [0.5, 0.6) is 0 Å². The minimum absolute atomic E-state index is 0.203. The minimum atomic E-state index is -4.44. The van der Waals surface area contributed by atoms with Crippen LogP contribution in [0.2, 0.25) is 0 Å². The second kappa shape index (κ2) is 8.96. The number of hydrogen-bond acceptors (Lipinski definition) is 5. The summed E-state index contributed by atoms with van der Waals surface area (Å²) in [6, 6.07) is 18.6. The Morgan fingerprint density at radius 1 is 1.00 bits per heavy atom. The van der Waals surface area contributed by atoms with Crippen molar-refractivity contribution in [2.45, 2.75) is 22.9 Å². The number of anilines is 3. The number of nitrogens with zero attached hydrogens (tertiary/aromatic N) is 1. The number of carbonyl (C=O) groups excluding carboxylic acids is 1. The fraction of sp³-hybridized carbons (Fsp3) is 0.130. The third-order valence-electron chi connectivity index (χ3n) is 4.76. The van der Waals surface area contributed by atoms with Crippen molar-refractivity contribution in [3.05, 3.63) is 77.9 Å². The standard InChI is InChI=1S/C23H19F3N4OS/c1-14(15-9-10-21-19(11-15)28-18-7-2-3-8-20(18)32-21)29-30-22(31)13-27-17-6-4-5-16(12-17)23(24,25)26/h2-12,27-28H,13H2,1H3,(H,30,31)/b29-14+. The largest absolute Gasteiger partial charge is 0.416 e. The molecule has 3 aromatic carbocycles. The van der Waals surface area contributed by atoms with Gasteiger partial charge in [0.25, 0.3) is 5.91 Å². The SMILES string of the molecule is C/C(=N\NC(=O)CNc1cccc(C(F)(F)F)c1)c1ccc2c(c1)Nc1ccccc1S2. The molecule has 1 aliphatic rings. The van der Waals surface area contributed by atoms with Crippen molar-refractivity contribution in [1.29, 1.82) is 0 Å². The van der Waals surface area contributed by atoms with Crippen molar-refractivity contribution < 1.29 is 18.0 Å². The minimum Gasteiger partial charge on any atom is -0.376 e. The lowest BCUT2D eigenvalue weighted by Crippen LogP contribution is -2.26. The number of alkyl halides is 3. The Balaban J connectivity index is 1.37. The summed E-state index contributed by atoms with van der Waals surface area (Å²) in [5, 5.41) is 10.2. The molecule has 3 N–H and O–H groups in total. The quantitative estimate of drug-likeness (QED) is 0.260. The van der Waals surface area contributed by atoms with E-state index in [0.29, 0.717) is 5.71 Å². The summed E-state index contributed by atoms with van der Waals surface area (Å²) >= 11 is 1.68. The number of rotatable bonds is 5. The molecule has 0 bridgehead atoms. The molecule has 9 heteroatoms. The first kappa shape index (κ1) is 21.8. The monoisotopic (exact) mass is 456 g/mol. The summed E-state index contributed by atoms with van der Waals surface area (Å²) in [7, 11) is 0. The van der Waals surface area contributed by atoms with Crippen molar-refractivity contribution >= 4 is 40.4 Å². The van der Waals surface area contributed by atoms with Crippen LogP contribution in [0.4, 0.5) is 30.2 Å². The average Bonchev–Trinajstić information content (AvgIpc) is 2.79. The summed E-state index contributed by atoms with van der Waals surface area (Å²) in [4.78, 5) is 14.3. The van der Waals surface area contributed by atoms with E-state index in [0.717, 1.165) is 38.9 Å². The zero-order valence-corrected chi connectivity index (χ0v) is 17.8. The predicted molar refractivity (Wildman–Crippen MR) is 121 cm³/mol. The smallest absolute Gasteiger partial charge is 0.376 e. The summed E-state index contributed by atoms with van der Waals surface area (Å²) in [6.45, 7) is 1.56. The molecular formula is C23H19F3N4OS. The van der Waals surface area contributed by atoms with Gasteiger partial charge in [0.15, 0.2) is 0 Å². The van der Waals surface area contributed by atoms with Crippen LogP contribution in [0.15, 0.2) is 81.6 Å². The van der Waals surface area contributed by atoms with E-state index in [1.165, 1.54) is 12.1 Å². The molecule has 0 unspecified atom stereocenters. The predicted octanol–water partition coefficient (Wildman–Crippen LogP) is 5.87. The van der Waals surface area contributed by atoms with Crippen LogP contribution in [-0.4, -0.2) is 18.2 Å². The first-order chi connectivity index (χ1) is 15.3. The molecule has 3 aromatic rings. The van der Waals surface area contributed by atoms with Crippen LogP contribution >= 0.6 is 11.8 Å². The van der Waals surface area contributed by atoms with Gasteiger partial charge in [-0.1, -0.05) is 36.0 Å². The highest BCUT2D eigenvalue weighted by Gasteiger charge is 2.30. The maximum atomic E-state index is 12.8. The molecule has 0 fully saturated rings. The first-order valence-corrected chi connectivity index (χ1v) is 10.5.